The standard InChI is InChI=1S/C21H20N6/c1-14-22-20(24-18-12-17(18)16-10-6-3-7-11-16)19-21(23-14)27(26-25-19)13-15-8-4-2-5-9-15/h2-11,17-18H,12-13H2,1H3,(H,22,23,24). The van der Waals surface area contributed by atoms with Crippen LogP contribution in [0.3, 0.4) is 0 Å². The molecule has 6 heteroatoms. The number of nitrogens with zero attached hydrogens (tertiary/aromatic N) is 5. The Hall–Kier alpha value is -3.28. The molecule has 0 radical (unpaired) electrons. The largest absolute Gasteiger partial charge is 0.365 e. The highest BCUT2D eigenvalue weighted by Crippen LogP contribution is 2.43. The Labute approximate surface area is 157 Å². The number of aryl methyl sites for hydroxylation is 1. The van der Waals surface area contributed by atoms with Gasteiger partial charge >= 0.3 is 0 Å². The summed E-state index contributed by atoms with van der Waals surface area (Å²) in [5.41, 5.74) is 4.03. The molecule has 2 heterocycles. The van der Waals surface area contributed by atoms with Gasteiger partial charge in [-0.3, -0.25) is 0 Å². The summed E-state index contributed by atoms with van der Waals surface area (Å²) in [6.45, 7) is 2.55. The van der Waals surface area contributed by atoms with Crippen molar-refractivity contribution < 1.29 is 0 Å². The lowest BCUT2D eigenvalue weighted by Crippen LogP contribution is -2.09. The van der Waals surface area contributed by atoms with Crippen LogP contribution in [0.15, 0.2) is 60.7 Å². The Morgan fingerprint density at radius 1 is 1.00 bits per heavy atom. The molecular weight excluding hydrogens is 336 g/mol. The average Bonchev–Trinajstić information content (AvgIpc) is 3.35. The highest BCUT2D eigenvalue weighted by atomic mass is 15.4. The van der Waals surface area contributed by atoms with Crippen LogP contribution in [0.4, 0.5) is 5.82 Å². The van der Waals surface area contributed by atoms with Crippen molar-refractivity contribution in [2.24, 2.45) is 0 Å². The summed E-state index contributed by atoms with van der Waals surface area (Å²) in [7, 11) is 0. The molecule has 1 aliphatic rings. The molecule has 0 aliphatic heterocycles. The topological polar surface area (TPSA) is 68.5 Å². The van der Waals surface area contributed by atoms with Crippen LogP contribution in [0.5, 0.6) is 0 Å². The molecule has 1 aliphatic carbocycles. The van der Waals surface area contributed by atoms with Gasteiger partial charge in [0.05, 0.1) is 6.54 Å². The van der Waals surface area contributed by atoms with Gasteiger partial charge in [0.15, 0.2) is 17.0 Å². The second-order valence-electron chi connectivity index (χ2n) is 7.03. The van der Waals surface area contributed by atoms with E-state index in [9.17, 15) is 0 Å². The molecule has 0 amide bonds. The van der Waals surface area contributed by atoms with Crippen molar-refractivity contribution >= 4 is 17.0 Å². The number of hydrogen-bond acceptors (Lipinski definition) is 5. The summed E-state index contributed by atoms with van der Waals surface area (Å²) in [6.07, 6.45) is 1.10. The summed E-state index contributed by atoms with van der Waals surface area (Å²) >= 11 is 0. The van der Waals surface area contributed by atoms with Gasteiger partial charge in [0.25, 0.3) is 0 Å². The zero-order valence-electron chi connectivity index (χ0n) is 15.1. The first-order valence-corrected chi connectivity index (χ1v) is 9.21. The second kappa shape index (κ2) is 6.46. The molecule has 5 rings (SSSR count). The number of nitrogens with one attached hydrogen (secondary N) is 1. The first-order valence-electron chi connectivity index (χ1n) is 9.21. The molecule has 134 valence electrons. The fourth-order valence-electron chi connectivity index (χ4n) is 3.53. The zero-order chi connectivity index (χ0) is 18.2. The van der Waals surface area contributed by atoms with E-state index in [-0.39, 0.29) is 0 Å². The van der Waals surface area contributed by atoms with Crippen LogP contribution >= 0.6 is 0 Å². The van der Waals surface area contributed by atoms with E-state index in [0.29, 0.717) is 18.5 Å². The molecular formula is C21H20N6. The number of fused-ring (bicyclic) bond motifs is 1. The molecule has 2 aromatic heterocycles. The maximum atomic E-state index is 4.59. The lowest BCUT2D eigenvalue weighted by atomic mass is 10.1. The third kappa shape index (κ3) is 3.14. The van der Waals surface area contributed by atoms with E-state index in [1.165, 1.54) is 11.1 Å². The first kappa shape index (κ1) is 15.9. The van der Waals surface area contributed by atoms with Crippen LogP contribution < -0.4 is 5.32 Å². The third-order valence-corrected chi connectivity index (χ3v) is 4.99. The number of anilines is 1. The molecule has 0 spiro atoms. The van der Waals surface area contributed by atoms with E-state index >= 15 is 0 Å². The maximum absolute atomic E-state index is 4.59. The van der Waals surface area contributed by atoms with Gasteiger partial charge in [-0.1, -0.05) is 65.9 Å². The third-order valence-electron chi connectivity index (χ3n) is 4.99. The average molecular weight is 356 g/mol. The SMILES string of the molecule is Cc1nc(NC2CC2c2ccccc2)c2nnn(Cc3ccccc3)c2n1. The van der Waals surface area contributed by atoms with Crippen molar-refractivity contribution in [2.45, 2.75) is 31.8 Å². The van der Waals surface area contributed by atoms with Gasteiger partial charge in [0.2, 0.25) is 0 Å². The summed E-state index contributed by atoms with van der Waals surface area (Å²) in [5, 5.41) is 12.2. The van der Waals surface area contributed by atoms with Crippen LogP contribution in [-0.2, 0) is 6.54 Å². The lowest BCUT2D eigenvalue weighted by Gasteiger charge is -2.07. The Balaban J connectivity index is 1.42. The van der Waals surface area contributed by atoms with Crippen molar-refractivity contribution in [1.29, 1.82) is 0 Å². The lowest BCUT2D eigenvalue weighted by molar-refractivity contribution is 0.663. The van der Waals surface area contributed by atoms with Crippen LogP contribution in [0.25, 0.3) is 11.2 Å². The van der Waals surface area contributed by atoms with Gasteiger partial charge in [0, 0.05) is 12.0 Å². The van der Waals surface area contributed by atoms with Crippen LogP contribution in [-0.4, -0.2) is 31.0 Å². The van der Waals surface area contributed by atoms with E-state index in [0.717, 1.165) is 29.2 Å². The van der Waals surface area contributed by atoms with Crippen LogP contribution in [0.1, 0.15) is 29.3 Å². The minimum Gasteiger partial charge on any atom is -0.365 e. The molecule has 2 unspecified atom stereocenters. The molecule has 1 fully saturated rings. The Bertz CT molecular complexity index is 1070. The molecule has 1 saturated carbocycles. The Morgan fingerprint density at radius 3 is 2.52 bits per heavy atom. The number of rotatable bonds is 5. The van der Waals surface area contributed by atoms with Crippen LogP contribution in [0, 0.1) is 6.92 Å². The maximum Gasteiger partial charge on any atom is 0.184 e. The molecule has 0 bridgehead atoms. The van der Waals surface area contributed by atoms with Gasteiger partial charge in [-0.2, -0.15) is 0 Å². The predicted octanol–water partition coefficient (Wildman–Crippen LogP) is 3.55. The Morgan fingerprint density at radius 2 is 1.74 bits per heavy atom. The van der Waals surface area contributed by atoms with E-state index in [1.807, 2.05) is 29.8 Å². The number of hydrogen-bond donors (Lipinski definition) is 1. The molecule has 0 saturated heterocycles. The van der Waals surface area contributed by atoms with Gasteiger partial charge in [-0.05, 0) is 24.5 Å². The van der Waals surface area contributed by atoms with Crippen molar-refractivity contribution in [3.8, 4) is 0 Å². The highest BCUT2D eigenvalue weighted by Gasteiger charge is 2.39. The molecule has 27 heavy (non-hydrogen) atoms. The van der Waals surface area contributed by atoms with Crippen LogP contribution in [0.2, 0.25) is 0 Å². The molecule has 6 nitrogen and oxygen atoms in total. The zero-order valence-corrected chi connectivity index (χ0v) is 15.1. The van der Waals surface area contributed by atoms with E-state index < -0.39 is 0 Å². The molecule has 4 aromatic rings. The Kier molecular flexibility index (Phi) is 3.81. The predicted molar refractivity (Wildman–Crippen MR) is 105 cm³/mol. The quantitative estimate of drug-likeness (QED) is 0.592. The van der Waals surface area contributed by atoms with E-state index in [2.05, 4.69) is 68.1 Å². The van der Waals surface area contributed by atoms with E-state index in [1.54, 1.807) is 0 Å². The van der Waals surface area contributed by atoms with Crippen molar-refractivity contribution in [1.82, 2.24) is 25.0 Å². The summed E-state index contributed by atoms with van der Waals surface area (Å²) < 4.78 is 1.84. The summed E-state index contributed by atoms with van der Waals surface area (Å²) in [5.74, 6) is 2.02. The number of aromatic nitrogens is 5. The normalized spacial score (nSPS) is 18.6. The highest BCUT2D eigenvalue weighted by molar-refractivity contribution is 5.82. The smallest absolute Gasteiger partial charge is 0.184 e. The monoisotopic (exact) mass is 356 g/mol. The first-order chi connectivity index (χ1) is 13.3. The minimum atomic E-state index is 0.379. The van der Waals surface area contributed by atoms with Gasteiger partial charge in [0.1, 0.15) is 5.82 Å². The van der Waals surface area contributed by atoms with Crippen molar-refractivity contribution in [2.75, 3.05) is 5.32 Å². The van der Waals surface area contributed by atoms with Crippen molar-refractivity contribution in [3.05, 3.63) is 77.6 Å². The van der Waals surface area contributed by atoms with Crippen molar-refractivity contribution in [3.63, 3.8) is 0 Å². The van der Waals surface area contributed by atoms with Gasteiger partial charge in [-0.25, -0.2) is 14.6 Å². The molecule has 1 N–H and O–H groups in total. The fraction of sp³-hybridized carbons (Fsp3) is 0.238. The van der Waals surface area contributed by atoms with Gasteiger partial charge < -0.3 is 5.32 Å². The minimum absolute atomic E-state index is 0.379. The second-order valence-corrected chi connectivity index (χ2v) is 7.03. The number of benzene rings is 2. The molecule has 2 aromatic carbocycles. The van der Waals surface area contributed by atoms with Gasteiger partial charge in [-0.15, -0.1) is 5.10 Å². The fourth-order valence-corrected chi connectivity index (χ4v) is 3.53. The summed E-state index contributed by atoms with van der Waals surface area (Å²) in [6, 6.07) is 21.2. The summed E-state index contributed by atoms with van der Waals surface area (Å²) in [4.78, 5) is 9.18. The molecule has 2 atom stereocenters. The van der Waals surface area contributed by atoms with E-state index in [4.69, 9.17) is 0 Å².